The summed E-state index contributed by atoms with van der Waals surface area (Å²) in [4.78, 5) is 22.8. The van der Waals surface area contributed by atoms with Gasteiger partial charge in [0.05, 0.1) is 19.6 Å². The molecule has 0 aliphatic carbocycles. The number of hydrogen-bond donors (Lipinski definition) is 0. The number of benzene rings is 1. The second-order valence-electron chi connectivity index (χ2n) is 8.74. The molecular formula is C24H30Cl2N4O3S3. The van der Waals surface area contributed by atoms with E-state index in [9.17, 15) is 13.2 Å². The molecule has 36 heavy (non-hydrogen) atoms. The van der Waals surface area contributed by atoms with Gasteiger partial charge in [-0.2, -0.15) is 4.31 Å². The number of thiophene rings is 1. The number of nitrogens with zero attached hydrogens (tertiary/aromatic N) is 4. The average Bonchev–Trinajstić information content (AvgIpc) is 3.52. The quantitative estimate of drug-likeness (QED) is 0.311. The highest BCUT2D eigenvalue weighted by molar-refractivity contribution is 7.91. The Labute approximate surface area is 230 Å². The number of thiazole rings is 1. The van der Waals surface area contributed by atoms with Crippen LogP contribution in [-0.2, 0) is 14.8 Å². The predicted molar refractivity (Wildman–Crippen MR) is 150 cm³/mol. The molecule has 1 amide bonds. The van der Waals surface area contributed by atoms with Crippen LogP contribution in [0.3, 0.4) is 0 Å². The summed E-state index contributed by atoms with van der Waals surface area (Å²) in [7, 11) is -3.86. The minimum Gasteiger partial charge on any atom is -0.302 e. The van der Waals surface area contributed by atoms with Gasteiger partial charge < -0.3 is 4.90 Å². The number of halogens is 2. The SMILES string of the molecule is CCN(CC)CCN(C(=O)C1CCCCN1S(=O)(=O)c1ccc(Cl)s1)c1nc2c(C)ccc(Cl)c2s1. The van der Waals surface area contributed by atoms with Gasteiger partial charge in [-0.25, -0.2) is 13.4 Å². The number of carbonyl (C=O) groups is 1. The summed E-state index contributed by atoms with van der Waals surface area (Å²) in [6.07, 6.45) is 1.95. The van der Waals surface area contributed by atoms with Crippen molar-refractivity contribution in [2.75, 3.05) is 37.6 Å². The Morgan fingerprint density at radius 2 is 1.86 bits per heavy atom. The first-order chi connectivity index (χ1) is 17.2. The number of sulfonamides is 1. The Balaban J connectivity index is 1.73. The zero-order valence-corrected chi connectivity index (χ0v) is 24.5. The number of hydrogen-bond acceptors (Lipinski definition) is 7. The first-order valence-electron chi connectivity index (χ1n) is 12.0. The molecule has 1 atom stereocenters. The summed E-state index contributed by atoms with van der Waals surface area (Å²) in [5.41, 5.74) is 1.74. The minimum atomic E-state index is -3.86. The van der Waals surface area contributed by atoms with Gasteiger partial charge in [0.2, 0.25) is 5.91 Å². The standard InChI is InChI=1S/C24H30Cl2N4O3S3/c1-4-28(5-2)14-15-29(24-27-21-16(3)9-10-17(25)22(21)35-24)23(31)18-8-6-7-13-30(18)36(32,33)20-12-11-19(26)34-20/h9-12,18H,4-8,13-15H2,1-3H3. The monoisotopic (exact) mass is 588 g/mol. The van der Waals surface area contributed by atoms with Crippen LogP contribution in [0.25, 0.3) is 10.2 Å². The molecule has 2 aromatic heterocycles. The molecule has 1 unspecified atom stereocenters. The third-order valence-electron chi connectivity index (χ3n) is 6.57. The second kappa shape index (κ2) is 11.6. The number of piperidine rings is 1. The maximum Gasteiger partial charge on any atom is 0.253 e. The third kappa shape index (κ3) is 5.60. The fraction of sp³-hybridized carbons (Fsp3) is 0.500. The van der Waals surface area contributed by atoms with Crippen molar-refractivity contribution in [2.45, 2.75) is 50.3 Å². The lowest BCUT2D eigenvalue weighted by Gasteiger charge is -2.36. The highest BCUT2D eigenvalue weighted by Crippen LogP contribution is 2.37. The van der Waals surface area contributed by atoms with E-state index in [1.165, 1.54) is 21.7 Å². The Kier molecular flexibility index (Phi) is 8.97. The molecule has 12 heteroatoms. The van der Waals surface area contributed by atoms with E-state index < -0.39 is 16.1 Å². The Morgan fingerprint density at radius 3 is 2.50 bits per heavy atom. The van der Waals surface area contributed by atoms with E-state index in [-0.39, 0.29) is 10.1 Å². The number of carbonyl (C=O) groups excluding carboxylic acids is 1. The molecule has 1 saturated heterocycles. The van der Waals surface area contributed by atoms with E-state index in [1.807, 2.05) is 19.1 Å². The van der Waals surface area contributed by atoms with Gasteiger partial charge in [-0.05, 0) is 56.6 Å². The van der Waals surface area contributed by atoms with Crippen LogP contribution in [0.2, 0.25) is 9.36 Å². The molecule has 196 valence electrons. The van der Waals surface area contributed by atoms with Crippen molar-refractivity contribution in [3.8, 4) is 0 Å². The molecule has 1 fully saturated rings. The van der Waals surface area contributed by atoms with E-state index in [1.54, 1.807) is 11.0 Å². The summed E-state index contributed by atoms with van der Waals surface area (Å²) >= 11 is 14.9. The number of anilines is 1. The normalized spacial score (nSPS) is 17.2. The van der Waals surface area contributed by atoms with Gasteiger partial charge in [-0.15, -0.1) is 11.3 Å². The van der Waals surface area contributed by atoms with Crippen molar-refractivity contribution in [1.82, 2.24) is 14.2 Å². The van der Waals surface area contributed by atoms with Crippen molar-refractivity contribution in [1.29, 1.82) is 0 Å². The van der Waals surface area contributed by atoms with E-state index in [2.05, 4.69) is 18.7 Å². The van der Waals surface area contributed by atoms with Gasteiger partial charge in [0.1, 0.15) is 10.3 Å². The summed E-state index contributed by atoms with van der Waals surface area (Å²) in [6.45, 7) is 9.19. The Hall–Kier alpha value is -1.27. The van der Waals surface area contributed by atoms with Gasteiger partial charge in [-0.1, -0.05) is 60.9 Å². The van der Waals surface area contributed by atoms with Crippen LogP contribution < -0.4 is 4.90 Å². The van der Waals surface area contributed by atoms with E-state index in [4.69, 9.17) is 28.2 Å². The lowest BCUT2D eigenvalue weighted by molar-refractivity contribution is -0.123. The van der Waals surface area contributed by atoms with E-state index >= 15 is 0 Å². The first kappa shape index (κ1) is 27.8. The van der Waals surface area contributed by atoms with Crippen LogP contribution in [0.15, 0.2) is 28.5 Å². The fourth-order valence-electron chi connectivity index (χ4n) is 4.46. The summed E-state index contributed by atoms with van der Waals surface area (Å²) in [5.74, 6) is -0.249. The number of fused-ring (bicyclic) bond motifs is 1. The molecule has 4 rings (SSSR count). The number of aromatic nitrogens is 1. The largest absolute Gasteiger partial charge is 0.302 e. The molecule has 3 aromatic rings. The average molecular weight is 590 g/mol. The molecule has 0 radical (unpaired) electrons. The van der Waals surface area contributed by atoms with Crippen LogP contribution in [0.5, 0.6) is 0 Å². The van der Waals surface area contributed by atoms with Gasteiger partial charge >= 0.3 is 0 Å². The maximum atomic E-state index is 14.1. The van der Waals surface area contributed by atoms with E-state index in [0.717, 1.165) is 46.6 Å². The lowest BCUT2D eigenvalue weighted by atomic mass is 10.0. The van der Waals surface area contributed by atoms with Crippen molar-refractivity contribution >= 4 is 77.2 Å². The van der Waals surface area contributed by atoms with Crippen LogP contribution in [0.4, 0.5) is 5.13 Å². The highest BCUT2D eigenvalue weighted by atomic mass is 35.5. The van der Waals surface area contributed by atoms with Gasteiger partial charge in [0, 0.05) is 19.6 Å². The third-order valence-corrected chi connectivity index (χ3v) is 11.7. The molecule has 1 aliphatic heterocycles. The first-order valence-corrected chi connectivity index (χ1v) is 15.9. The number of aryl methyl sites for hydroxylation is 1. The molecular weight excluding hydrogens is 559 g/mol. The molecule has 7 nitrogen and oxygen atoms in total. The fourth-order valence-corrected chi connectivity index (χ4v) is 9.07. The molecule has 1 aliphatic rings. The van der Waals surface area contributed by atoms with Crippen molar-refractivity contribution in [3.63, 3.8) is 0 Å². The zero-order chi connectivity index (χ0) is 26.0. The second-order valence-corrected chi connectivity index (χ2v) is 14.0. The predicted octanol–water partition coefficient (Wildman–Crippen LogP) is 5.89. The van der Waals surface area contributed by atoms with Crippen LogP contribution >= 0.6 is 45.9 Å². The molecule has 3 heterocycles. The molecule has 0 saturated carbocycles. The zero-order valence-electron chi connectivity index (χ0n) is 20.5. The van der Waals surface area contributed by atoms with Crippen molar-refractivity contribution in [2.24, 2.45) is 0 Å². The lowest BCUT2D eigenvalue weighted by Crippen LogP contribution is -2.54. The molecule has 1 aromatic carbocycles. The molecule has 0 spiro atoms. The Morgan fingerprint density at radius 1 is 1.11 bits per heavy atom. The summed E-state index contributed by atoms with van der Waals surface area (Å²) in [6, 6.07) is 6.03. The van der Waals surface area contributed by atoms with Gasteiger partial charge in [0.25, 0.3) is 10.0 Å². The Bertz CT molecular complexity index is 1300. The molecule has 0 N–H and O–H groups in total. The highest BCUT2D eigenvalue weighted by Gasteiger charge is 2.41. The van der Waals surface area contributed by atoms with Crippen LogP contribution in [0, 0.1) is 6.92 Å². The topological polar surface area (TPSA) is 73.8 Å². The van der Waals surface area contributed by atoms with Crippen molar-refractivity contribution < 1.29 is 13.2 Å². The van der Waals surface area contributed by atoms with Crippen LogP contribution in [0.1, 0.15) is 38.7 Å². The van der Waals surface area contributed by atoms with Crippen molar-refractivity contribution in [3.05, 3.63) is 39.2 Å². The number of amides is 1. The van der Waals surface area contributed by atoms with E-state index in [0.29, 0.717) is 47.0 Å². The summed E-state index contributed by atoms with van der Waals surface area (Å²) < 4.78 is 29.8. The van der Waals surface area contributed by atoms with Crippen LogP contribution in [-0.4, -0.2) is 67.3 Å². The molecule has 0 bridgehead atoms. The van der Waals surface area contributed by atoms with Gasteiger partial charge in [-0.3, -0.25) is 9.69 Å². The smallest absolute Gasteiger partial charge is 0.253 e. The summed E-state index contributed by atoms with van der Waals surface area (Å²) in [5, 5.41) is 1.13. The number of likely N-dealkylation sites (N-methyl/N-ethyl adjacent to an activating group) is 1. The minimum absolute atomic E-state index is 0.157. The van der Waals surface area contributed by atoms with Gasteiger partial charge in [0.15, 0.2) is 5.13 Å². The maximum absolute atomic E-state index is 14.1. The number of rotatable bonds is 9.